The second kappa shape index (κ2) is 6.41. The second-order valence-electron chi connectivity index (χ2n) is 5.03. The maximum atomic E-state index is 12.3. The van der Waals surface area contributed by atoms with E-state index in [2.05, 4.69) is 0 Å². The first kappa shape index (κ1) is 14.4. The van der Waals surface area contributed by atoms with Gasteiger partial charge in [-0.15, -0.1) is 0 Å². The number of piperidine rings is 1. The molecule has 0 spiro atoms. The van der Waals surface area contributed by atoms with Gasteiger partial charge in [0, 0.05) is 13.1 Å². The molecule has 1 amide bonds. The van der Waals surface area contributed by atoms with Crippen LogP contribution in [0.5, 0.6) is 5.75 Å². The summed E-state index contributed by atoms with van der Waals surface area (Å²) in [4.78, 5) is 24.9. The van der Waals surface area contributed by atoms with Gasteiger partial charge in [0.2, 0.25) is 0 Å². The maximum Gasteiger partial charge on any atom is 0.308 e. The van der Waals surface area contributed by atoms with Crippen LogP contribution in [0, 0.1) is 5.92 Å². The van der Waals surface area contributed by atoms with E-state index in [9.17, 15) is 9.59 Å². The average Bonchev–Trinajstić information content (AvgIpc) is 2.47. The van der Waals surface area contributed by atoms with Crippen LogP contribution < -0.4 is 4.74 Å². The van der Waals surface area contributed by atoms with Crippen LogP contribution in [-0.2, 0) is 9.59 Å². The van der Waals surface area contributed by atoms with Gasteiger partial charge in [-0.3, -0.25) is 9.59 Å². The molecule has 1 aliphatic heterocycles. The summed E-state index contributed by atoms with van der Waals surface area (Å²) in [5.41, 5.74) is 0. The van der Waals surface area contributed by atoms with Gasteiger partial charge in [0.05, 0.1) is 5.92 Å². The number of rotatable bonds is 4. The number of aliphatic carboxylic acids is 1. The third kappa shape index (κ3) is 3.50. The quantitative estimate of drug-likeness (QED) is 0.911. The molecule has 0 bridgehead atoms. The molecule has 0 saturated carbocycles. The largest absolute Gasteiger partial charge is 0.481 e. The lowest BCUT2D eigenvalue weighted by Gasteiger charge is -2.32. The number of carboxylic acids is 1. The summed E-state index contributed by atoms with van der Waals surface area (Å²) in [5, 5.41) is 9.04. The Balaban J connectivity index is 1.94. The standard InChI is InChI=1S/C15H19NO4/c1-11(20-13-7-3-2-4-8-13)14(17)16-9-5-6-12(10-16)15(18)19/h2-4,7-8,11-12H,5-6,9-10H2,1H3,(H,18,19)/t11-,12+/m0/s1. The molecule has 1 heterocycles. The van der Waals surface area contributed by atoms with Crippen molar-refractivity contribution in [1.29, 1.82) is 0 Å². The molecule has 0 radical (unpaired) electrons. The molecule has 1 aromatic rings. The SMILES string of the molecule is C[C@H](Oc1ccccc1)C(=O)N1CCC[C@@H](C(=O)O)C1. The number of hydrogen-bond acceptors (Lipinski definition) is 3. The molecule has 0 aliphatic carbocycles. The average molecular weight is 277 g/mol. The molecule has 108 valence electrons. The first-order valence-electron chi connectivity index (χ1n) is 6.81. The Kier molecular flexibility index (Phi) is 4.61. The molecule has 1 saturated heterocycles. The van der Waals surface area contributed by atoms with Crippen molar-refractivity contribution < 1.29 is 19.4 Å². The predicted molar refractivity (Wildman–Crippen MR) is 73.5 cm³/mol. The van der Waals surface area contributed by atoms with Crippen molar-refractivity contribution in [3.8, 4) is 5.75 Å². The van der Waals surface area contributed by atoms with E-state index in [0.29, 0.717) is 18.7 Å². The topological polar surface area (TPSA) is 66.8 Å². The Morgan fingerprint density at radius 1 is 1.35 bits per heavy atom. The van der Waals surface area contributed by atoms with Crippen molar-refractivity contribution in [2.45, 2.75) is 25.9 Å². The number of carbonyl (C=O) groups is 2. The first-order valence-corrected chi connectivity index (χ1v) is 6.81. The van der Waals surface area contributed by atoms with E-state index in [1.165, 1.54) is 0 Å². The number of likely N-dealkylation sites (tertiary alicyclic amines) is 1. The van der Waals surface area contributed by atoms with Crippen molar-refractivity contribution in [2.75, 3.05) is 13.1 Å². The zero-order chi connectivity index (χ0) is 14.5. The van der Waals surface area contributed by atoms with Crippen LogP contribution in [0.4, 0.5) is 0 Å². The fourth-order valence-electron chi connectivity index (χ4n) is 2.39. The lowest BCUT2D eigenvalue weighted by Crippen LogP contribution is -2.47. The highest BCUT2D eigenvalue weighted by Gasteiger charge is 2.30. The summed E-state index contributed by atoms with van der Waals surface area (Å²) in [5.74, 6) is -0.810. The van der Waals surface area contributed by atoms with E-state index in [1.54, 1.807) is 24.0 Å². The number of nitrogens with zero attached hydrogens (tertiary/aromatic N) is 1. The van der Waals surface area contributed by atoms with E-state index >= 15 is 0 Å². The summed E-state index contributed by atoms with van der Waals surface area (Å²) in [6, 6.07) is 9.14. The Morgan fingerprint density at radius 3 is 2.70 bits per heavy atom. The van der Waals surface area contributed by atoms with Gasteiger partial charge in [-0.1, -0.05) is 18.2 Å². The predicted octanol–water partition coefficient (Wildman–Crippen LogP) is 1.78. The summed E-state index contributed by atoms with van der Waals surface area (Å²) >= 11 is 0. The van der Waals surface area contributed by atoms with Crippen molar-refractivity contribution in [3.05, 3.63) is 30.3 Å². The number of carboxylic acid groups (broad SMARTS) is 1. The molecule has 1 aromatic carbocycles. The minimum atomic E-state index is -0.834. The maximum absolute atomic E-state index is 12.3. The van der Waals surface area contributed by atoms with E-state index in [4.69, 9.17) is 9.84 Å². The number of carbonyl (C=O) groups excluding carboxylic acids is 1. The molecule has 20 heavy (non-hydrogen) atoms. The van der Waals surface area contributed by atoms with Crippen LogP contribution in [0.15, 0.2) is 30.3 Å². The van der Waals surface area contributed by atoms with Gasteiger partial charge < -0.3 is 14.7 Å². The number of benzene rings is 1. The van der Waals surface area contributed by atoms with Gasteiger partial charge >= 0.3 is 5.97 Å². The normalized spacial score (nSPS) is 20.2. The van der Waals surface area contributed by atoms with Gasteiger partial charge in [0.15, 0.2) is 6.10 Å². The Labute approximate surface area is 118 Å². The van der Waals surface area contributed by atoms with Crippen molar-refractivity contribution in [2.24, 2.45) is 5.92 Å². The van der Waals surface area contributed by atoms with E-state index in [1.807, 2.05) is 18.2 Å². The molecule has 1 aliphatic rings. The second-order valence-corrected chi connectivity index (χ2v) is 5.03. The molecule has 2 atom stereocenters. The van der Waals surface area contributed by atoms with Crippen LogP contribution in [0.2, 0.25) is 0 Å². The number of ether oxygens (including phenoxy) is 1. The molecule has 5 heteroatoms. The summed E-state index contributed by atoms with van der Waals surface area (Å²) in [7, 11) is 0. The minimum Gasteiger partial charge on any atom is -0.481 e. The van der Waals surface area contributed by atoms with Gasteiger partial charge in [-0.25, -0.2) is 0 Å². The molecular weight excluding hydrogens is 258 g/mol. The highest BCUT2D eigenvalue weighted by Crippen LogP contribution is 2.19. The van der Waals surface area contributed by atoms with Crippen LogP contribution in [0.1, 0.15) is 19.8 Å². The minimum absolute atomic E-state index is 0.153. The van der Waals surface area contributed by atoms with E-state index in [-0.39, 0.29) is 12.5 Å². The monoisotopic (exact) mass is 277 g/mol. The third-order valence-corrected chi connectivity index (χ3v) is 3.49. The number of amides is 1. The number of para-hydroxylation sites is 1. The smallest absolute Gasteiger partial charge is 0.308 e. The fraction of sp³-hybridized carbons (Fsp3) is 0.467. The first-order chi connectivity index (χ1) is 9.58. The van der Waals surface area contributed by atoms with E-state index < -0.39 is 18.0 Å². The zero-order valence-electron chi connectivity index (χ0n) is 11.5. The van der Waals surface area contributed by atoms with Gasteiger partial charge in [-0.2, -0.15) is 0 Å². The highest BCUT2D eigenvalue weighted by atomic mass is 16.5. The summed E-state index contributed by atoms with van der Waals surface area (Å²) in [6.45, 7) is 2.57. The molecule has 1 fully saturated rings. The lowest BCUT2D eigenvalue weighted by molar-refractivity contribution is -0.147. The number of hydrogen-bond donors (Lipinski definition) is 1. The summed E-state index contributed by atoms with van der Waals surface area (Å²) in [6.07, 6.45) is 0.748. The Bertz CT molecular complexity index is 474. The molecule has 1 N–H and O–H groups in total. The van der Waals surface area contributed by atoms with Gasteiger partial charge in [0.25, 0.3) is 5.91 Å². The van der Waals surface area contributed by atoms with Crippen LogP contribution in [0.25, 0.3) is 0 Å². The van der Waals surface area contributed by atoms with Gasteiger partial charge in [0.1, 0.15) is 5.75 Å². The Hall–Kier alpha value is -2.04. The molecule has 2 rings (SSSR count). The lowest BCUT2D eigenvalue weighted by atomic mass is 9.98. The molecule has 0 aromatic heterocycles. The zero-order valence-corrected chi connectivity index (χ0v) is 11.5. The fourth-order valence-corrected chi connectivity index (χ4v) is 2.39. The Morgan fingerprint density at radius 2 is 2.05 bits per heavy atom. The van der Waals surface area contributed by atoms with Crippen LogP contribution >= 0.6 is 0 Å². The summed E-state index contributed by atoms with van der Waals surface area (Å²) < 4.78 is 5.59. The molecule has 0 unspecified atom stereocenters. The van der Waals surface area contributed by atoms with Crippen LogP contribution in [-0.4, -0.2) is 41.1 Å². The van der Waals surface area contributed by atoms with Crippen molar-refractivity contribution in [3.63, 3.8) is 0 Å². The van der Waals surface area contributed by atoms with Crippen molar-refractivity contribution in [1.82, 2.24) is 4.90 Å². The van der Waals surface area contributed by atoms with Crippen LogP contribution in [0.3, 0.4) is 0 Å². The third-order valence-electron chi connectivity index (χ3n) is 3.49. The van der Waals surface area contributed by atoms with E-state index in [0.717, 1.165) is 6.42 Å². The van der Waals surface area contributed by atoms with Gasteiger partial charge in [-0.05, 0) is 31.9 Å². The van der Waals surface area contributed by atoms with Crippen molar-refractivity contribution >= 4 is 11.9 Å². The molecule has 5 nitrogen and oxygen atoms in total. The highest BCUT2D eigenvalue weighted by molar-refractivity contribution is 5.82. The molecular formula is C15H19NO4.